The Morgan fingerprint density at radius 1 is 1.29 bits per heavy atom. The first-order valence-corrected chi connectivity index (χ1v) is 7.86. The molecule has 0 aliphatic carbocycles. The molecule has 1 heterocycles. The third kappa shape index (κ3) is 2.88. The molecule has 0 spiro atoms. The predicted molar refractivity (Wildman–Crippen MR) is 93.6 cm³/mol. The number of aromatic nitrogens is 2. The molecule has 0 saturated carbocycles. The molecule has 0 unspecified atom stereocenters. The fourth-order valence-corrected chi connectivity index (χ4v) is 2.75. The lowest BCUT2D eigenvalue weighted by Gasteiger charge is -2.14. The largest absolute Gasteiger partial charge is 0.478 e. The standard InChI is InChI=1S/C16H10F2IN3O2/c1-7-6-20-22-15-9(7)5-10(16(23)24)14(13(15)18)21-12-3-2-8(19)4-11(12)17/h2-6,21H,1H3,(H,23,24). The molecule has 0 saturated heterocycles. The smallest absolute Gasteiger partial charge is 0.337 e. The van der Waals surface area contributed by atoms with Gasteiger partial charge in [0.1, 0.15) is 11.3 Å². The molecule has 1 aromatic heterocycles. The van der Waals surface area contributed by atoms with Crippen LogP contribution in [-0.4, -0.2) is 21.3 Å². The van der Waals surface area contributed by atoms with Crippen LogP contribution in [0, 0.1) is 22.1 Å². The second-order valence-corrected chi connectivity index (χ2v) is 6.34. The average molecular weight is 441 g/mol. The summed E-state index contributed by atoms with van der Waals surface area (Å²) in [5.41, 5.74) is -0.178. The average Bonchev–Trinajstić information content (AvgIpc) is 2.52. The van der Waals surface area contributed by atoms with Gasteiger partial charge in [-0.25, -0.2) is 13.6 Å². The Morgan fingerprint density at radius 2 is 2.04 bits per heavy atom. The molecule has 3 rings (SSSR count). The van der Waals surface area contributed by atoms with Crippen LogP contribution in [0.2, 0.25) is 0 Å². The molecule has 0 atom stereocenters. The summed E-state index contributed by atoms with van der Waals surface area (Å²) in [6.45, 7) is 1.67. The maximum absolute atomic E-state index is 14.8. The molecule has 122 valence electrons. The van der Waals surface area contributed by atoms with Crippen LogP contribution in [0.5, 0.6) is 0 Å². The van der Waals surface area contributed by atoms with Crippen LogP contribution >= 0.6 is 22.6 Å². The Morgan fingerprint density at radius 3 is 2.71 bits per heavy atom. The zero-order valence-corrected chi connectivity index (χ0v) is 14.4. The molecule has 3 aromatic rings. The summed E-state index contributed by atoms with van der Waals surface area (Å²) in [7, 11) is 0. The number of carbonyl (C=O) groups is 1. The number of anilines is 2. The molecule has 0 bridgehead atoms. The van der Waals surface area contributed by atoms with Crippen LogP contribution in [0.15, 0.2) is 30.5 Å². The van der Waals surface area contributed by atoms with E-state index < -0.39 is 17.6 Å². The number of nitrogens with one attached hydrogen (secondary N) is 1. The Kier molecular flexibility index (Phi) is 4.31. The highest BCUT2D eigenvalue weighted by molar-refractivity contribution is 14.1. The van der Waals surface area contributed by atoms with Crippen LogP contribution in [0.1, 0.15) is 15.9 Å². The van der Waals surface area contributed by atoms with Crippen molar-refractivity contribution in [1.82, 2.24) is 10.2 Å². The lowest BCUT2D eigenvalue weighted by Crippen LogP contribution is -2.08. The van der Waals surface area contributed by atoms with Crippen LogP contribution in [0.4, 0.5) is 20.2 Å². The van der Waals surface area contributed by atoms with Gasteiger partial charge in [-0.15, -0.1) is 5.10 Å². The first-order chi connectivity index (χ1) is 11.4. The molecule has 2 N–H and O–H groups in total. The van der Waals surface area contributed by atoms with Gasteiger partial charge in [0.2, 0.25) is 0 Å². The van der Waals surface area contributed by atoms with Crippen LogP contribution < -0.4 is 5.32 Å². The van der Waals surface area contributed by atoms with Crippen molar-refractivity contribution in [2.75, 3.05) is 5.32 Å². The highest BCUT2D eigenvalue weighted by Crippen LogP contribution is 2.32. The van der Waals surface area contributed by atoms with Crippen molar-refractivity contribution in [1.29, 1.82) is 0 Å². The zero-order valence-electron chi connectivity index (χ0n) is 12.3. The van der Waals surface area contributed by atoms with E-state index in [-0.39, 0.29) is 22.5 Å². The fourth-order valence-electron chi connectivity index (χ4n) is 2.30. The number of halogens is 3. The second kappa shape index (κ2) is 6.27. The highest BCUT2D eigenvalue weighted by atomic mass is 127. The summed E-state index contributed by atoms with van der Waals surface area (Å²) in [5.74, 6) is -2.84. The number of hydrogen-bond donors (Lipinski definition) is 2. The third-order valence-electron chi connectivity index (χ3n) is 3.50. The number of aryl methyl sites for hydroxylation is 1. The van der Waals surface area contributed by atoms with Gasteiger partial charge in [0, 0.05) is 8.96 Å². The number of carboxylic acids is 1. The van der Waals surface area contributed by atoms with Crippen molar-refractivity contribution >= 4 is 50.8 Å². The summed E-state index contributed by atoms with van der Waals surface area (Å²) in [4.78, 5) is 11.5. The number of rotatable bonds is 3. The Bertz CT molecular complexity index is 979. The minimum atomic E-state index is -1.33. The molecule has 2 aromatic carbocycles. The van der Waals surface area contributed by atoms with Crippen LogP contribution in [0.25, 0.3) is 10.9 Å². The van der Waals surface area contributed by atoms with E-state index in [1.54, 1.807) is 13.0 Å². The number of carboxylic acid groups (broad SMARTS) is 1. The van der Waals surface area contributed by atoms with E-state index in [1.807, 2.05) is 22.6 Å². The summed E-state index contributed by atoms with van der Waals surface area (Å²) >= 11 is 1.94. The van der Waals surface area contributed by atoms with Crippen molar-refractivity contribution in [2.24, 2.45) is 0 Å². The number of aromatic carboxylic acids is 1. The van der Waals surface area contributed by atoms with Gasteiger partial charge in [-0.05, 0) is 59.3 Å². The van der Waals surface area contributed by atoms with Crippen molar-refractivity contribution in [3.8, 4) is 0 Å². The van der Waals surface area contributed by atoms with E-state index in [9.17, 15) is 18.7 Å². The van der Waals surface area contributed by atoms with Gasteiger partial charge in [-0.1, -0.05) is 0 Å². The number of benzene rings is 2. The Balaban J connectivity index is 2.24. The number of hydrogen-bond acceptors (Lipinski definition) is 4. The molecular formula is C16H10F2IN3O2. The lowest BCUT2D eigenvalue weighted by atomic mass is 10.0. The van der Waals surface area contributed by atoms with Gasteiger partial charge in [0.05, 0.1) is 23.1 Å². The van der Waals surface area contributed by atoms with E-state index in [4.69, 9.17) is 0 Å². The Labute approximate surface area is 148 Å². The van der Waals surface area contributed by atoms with Crippen molar-refractivity contribution in [2.45, 2.75) is 6.92 Å². The topological polar surface area (TPSA) is 75.1 Å². The van der Waals surface area contributed by atoms with Gasteiger partial charge in [-0.2, -0.15) is 5.10 Å². The summed E-state index contributed by atoms with van der Waals surface area (Å²) in [6, 6.07) is 5.59. The van der Waals surface area contributed by atoms with E-state index in [0.717, 1.165) is 0 Å². The zero-order chi connectivity index (χ0) is 17.4. The first-order valence-electron chi connectivity index (χ1n) is 6.78. The molecule has 0 fully saturated rings. The van der Waals surface area contributed by atoms with Crippen LogP contribution in [-0.2, 0) is 0 Å². The lowest BCUT2D eigenvalue weighted by molar-refractivity contribution is 0.0697. The normalized spacial score (nSPS) is 10.8. The molecule has 5 nitrogen and oxygen atoms in total. The maximum Gasteiger partial charge on any atom is 0.337 e. The fraction of sp³-hybridized carbons (Fsp3) is 0.0625. The number of fused-ring (bicyclic) bond motifs is 1. The molecule has 0 aliphatic rings. The summed E-state index contributed by atoms with van der Waals surface area (Å²) < 4.78 is 29.5. The van der Waals surface area contributed by atoms with Crippen molar-refractivity contribution in [3.63, 3.8) is 0 Å². The van der Waals surface area contributed by atoms with E-state index in [2.05, 4.69) is 15.5 Å². The minimum Gasteiger partial charge on any atom is -0.478 e. The monoisotopic (exact) mass is 441 g/mol. The first kappa shape index (κ1) is 16.5. The highest BCUT2D eigenvalue weighted by Gasteiger charge is 2.21. The van der Waals surface area contributed by atoms with Crippen molar-refractivity contribution in [3.05, 3.63) is 56.8 Å². The van der Waals surface area contributed by atoms with E-state index in [0.29, 0.717) is 14.5 Å². The third-order valence-corrected chi connectivity index (χ3v) is 4.17. The molecule has 0 radical (unpaired) electrons. The number of nitrogens with zero attached hydrogens (tertiary/aromatic N) is 2. The molecule has 0 aliphatic heterocycles. The van der Waals surface area contributed by atoms with Gasteiger partial charge in [-0.3, -0.25) is 0 Å². The van der Waals surface area contributed by atoms with E-state index in [1.165, 1.54) is 24.4 Å². The summed E-state index contributed by atoms with van der Waals surface area (Å²) in [6.07, 6.45) is 1.42. The van der Waals surface area contributed by atoms with Crippen molar-refractivity contribution < 1.29 is 18.7 Å². The quantitative estimate of drug-likeness (QED) is 0.595. The SMILES string of the molecule is Cc1cnnc2c(F)c(Nc3ccc(I)cc3F)c(C(=O)O)cc12. The molecule has 8 heteroatoms. The van der Waals surface area contributed by atoms with E-state index >= 15 is 0 Å². The minimum absolute atomic E-state index is 0.0308. The van der Waals surface area contributed by atoms with Gasteiger partial charge < -0.3 is 10.4 Å². The van der Waals surface area contributed by atoms with Gasteiger partial charge >= 0.3 is 5.97 Å². The molecular weight excluding hydrogens is 431 g/mol. The Hall–Kier alpha value is -2.36. The maximum atomic E-state index is 14.8. The molecule has 24 heavy (non-hydrogen) atoms. The predicted octanol–water partition coefficient (Wildman–Crippen LogP) is 4.26. The van der Waals surface area contributed by atoms with Gasteiger partial charge in [0.15, 0.2) is 5.82 Å². The summed E-state index contributed by atoms with van der Waals surface area (Å²) in [5, 5.41) is 19.7. The van der Waals surface area contributed by atoms with Crippen LogP contribution in [0.3, 0.4) is 0 Å². The second-order valence-electron chi connectivity index (χ2n) is 5.09. The van der Waals surface area contributed by atoms with Gasteiger partial charge in [0.25, 0.3) is 0 Å². The molecule has 0 amide bonds.